The second-order valence-corrected chi connectivity index (χ2v) is 5.59. The number of aromatic nitrogens is 2. The van der Waals surface area contributed by atoms with Gasteiger partial charge in [0.05, 0.1) is 5.69 Å². The van der Waals surface area contributed by atoms with Crippen molar-refractivity contribution in [3.05, 3.63) is 41.7 Å². The van der Waals surface area contributed by atoms with Gasteiger partial charge in [-0.2, -0.15) is 0 Å². The van der Waals surface area contributed by atoms with Crippen LogP contribution >= 0.6 is 0 Å². The minimum Gasteiger partial charge on any atom is -0.366 e. The summed E-state index contributed by atoms with van der Waals surface area (Å²) in [5, 5.41) is 0. The largest absolute Gasteiger partial charge is 0.366 e. The smallest absolute Gasteiger partial charge is 0.161 e. The summed E-state index contributed by atoms with van der Waals surface area (Å²) in [6.45, 7) is 2.00. The first-order valence-electron chi connectivity index (χ1n) is 7.31. The summed E-state index contributed by atoms with van der Waals surface area (Å²) < 4.78 is 0. The van der Waals surface area contributed by atoms with Crippen molar-refractivity contribution in [1.29, 1.82) is 0 Å². The molecule has 0 unspecified atom stereocenters. The number of rotatable bonds is 1. The molecule has 21 heavy (non-hydrogen) atoms. The maximum Gasteiger partial charge on any atom is 0.161 e. The van der Waals surface area contributed by atoms with Gasteiger partial charge in [0.1, 0.15) is 12.2 Å². The van der Waals surface area contributed by atoms with Gasteiger partial charge in [-0.1, -0.05) is 24.3 Å². The van der Waals surface area contributed by atoms with E-state index in [2.05, 4.69) is 39.2 Å². The van der Waals surface area contributed by atoms with E-state index in [1.165, 1.54) is 16.7 Å². The van der Waals surface area contributed by atoms with E-state index in [1.807, 2.05) is 25.9 Å². The lowest BCUT2D eigenvalue weighted by Crippen LogP contribution is -2.18. The van der Waals surface area contributed by atoms with E-state index in [1.54, 1.807) is 6.33 Å². The first kappa shape index (κ1) is 13.7. The molecule has 1 aliphatic carbocycles. The van der Waals surface area contributed by atoms with Gasteiger partial charge in [0.25, 0.3) is 0 Å². The highest BCUT2D eigenvalue weighted by Crippen LogP contribution is 2.34. The fraction of sp³-hybridized carbons (Fsp3) is 0.353. The highest BCUT2D eigenvalue weighted by Gasteiger charge is 2.18. The van der Waals surface area contributed by atoms with E-state index in [9.17, 15) is 0 Å². The number of hydrogen-bond donors (Lipinski definition) is 0. The lowest BCUT2D eigenvalue weighted by Gasteiger charge is -2.13. The second kappa shape index (κ2) is 5.64. The number of fused-ring (bicyclic) bond motifs is 3. The standard InChI is InChI=1S/C17H20N4/c1-12(21(2)3)20-17-15-10-6-8-13-7-4-5-9-14(13)16(15)18-11-19-17/h4-5,7,9,11H,6,8,10H2,1-3H3. The molecule has 108 valence electrons. The third-order valence-electron chi connectivity index (χ3n) is 3.98. The number of amidine groups is 1. The van der Waals surface area contributed by atoms with Crippen molar-refractivity contribution >= 4 is 11.7 Å². The first-order valence-corrected chi connectivity index (χ1v) is 7.31. The predicted octanol–water partition coefficient (Wildman–Crippen LogP) is 3.24. The summed E-state index contributed by atoms with van der Waals surface area (Å²) in [4.78, 5) is 15.6. The monoisotopic (exact) mass is 280 g/mol. The fourth-order valence-corrected chi connectivity index (χ4v) is 2.64. The highest BCUT2D eigenvalue weighted by molar-refractivity contribution is 5.83. The van der Waals surface area contributed by atoms with Gasteiger partial charge in [-0.25, -0.2) is 15.0 Å². The van der Waals surface area contributed by atoms with Crippen molar-refractivity contribution in [3.8, 4) is 11.3 Å². The minimum atomic E-state index is 0.808. The molecule has 0 atom stereocenters. The topological polar surface area (TPSA) is 41.4 Å². The molecule has 3 rings (SSSR count). The summed E-state index contributed by atoms with van der Waals surface area (Å²) in [7, 11) is 3.99. The van der Waals surface area contributed by atoms with Crippen LogP contribution in [0.1, 0.15) is 24.5 Å². The molecule has 1 aromatic heterocycles. The van der Waals surface area contributed by atoms with Crippen LogP contribution in [0, 0.1) is 0 Å². The van der Waals surface area contributed by atoms with E-state index in [0.29, 0.717) is 0 Å². The average molecular weight is 280 g/mol. The van der Waals surface area contributed by atoms with Crippen LogP contribution < -0.4 is 0 Å². The lowest BCUT2D eigenvalue weighted by atomic mass is 10.0. The van der Waals surface area contributed by atoms with Crippen molar-refractivity contribution in [2.45, 2.75) is 26.2 Å². The molecular formula is C17H20N4. The van der Waals surface area contributed by atoms with E-state index >= 15 is 0 Å². The van der Waals surface area contributed by atoms with Crippen molar-refractivity contribution in [3.63, 3.8) is 0 Å². The first-order chi connectivity index (χ1) is 10.2. The third kappa shape index (κ3) is 2.66. The molecule has 1 aliphatic rings. The van der Waals surface area contributed by atoms with E-state index in [4.69, 9.17) is 0 Å². The summed E-state index contributed by atoms with van der Waals surface area (Å²) >= 11 is 0. The van der Waals surface area contributed by atoms with Crippen molar-refractivity contribution in [2.75, 3.05) is 14.1 Å². The normalized spacial score (nSPS) is 14.1. The lowest BCUT2D eigenvalue weighted by molar-refractivity contribution is 0.618. The molecule has 0 radical (unpaired) electrons. The SMILES string of the molecule is CC(=Nc1ncnc2c1CCCc1ccccc1-2)N(C)C. The van der Waals surface area contributed by atoms with Gasteiger partial charge in [0, 0.05) is 25.2 Å². The minimum absolute atomic E-state index is 0.808. The number of benzene rings is 1. The van der Waals surface area contributed by atoms with E-state index in [-0.39, 0.29) is 0 Å². The molecule has 0 aliphatic heterocycles. The Morgan fingerprint density at radius 3 is 2.76 bits per heavy atom. The number of nitrogens with zero attached hydrogens (tertiary/aromatic N) is 4. The van der Waals surface area contributed by atoms with Gasteiger partial charge >= 0.3 is 0 Å². The third-order valence-corrected chi connectivity index (χ3v) is 3.98. The zero-order chi connectivity index (χ0) is 14.8. The van der Waals surface area contributed by atoms with Crippen molar-refractivity contribution < 1.29 is 0 Å². The Bertz CT molecular complexity index is 689. The Kier molecular flexibility index (Phi) is 3.69. The highest BCUT2D eigenvalue weighted by atomic mass is 15.1. The second-order valence-electron chi connectivity index (χ2n) is 5.59. The Balaban J connectivity index is 2.16. The average Bonchev–Trinajstić information content (AvgIpc) is 2.67. The number of aliphatic imine (C=N–C) groups is 1. The molecular weight excluding hydrogens is 260 g/mol. The molecule has 4 heteroatoms. The Morgan fingerprint density at radius 1 is 1.14 bits per heavy atom. The molecule has 1 heterocycles. The van der Waals surface area contributed by atoms with Crippen molar-refractivity contribution in [1.82, 2.24) is 14.9 Å². The molecule has 0 saturated carbocycles. The molecule has 0 amide bonds. The summed E-state index contributed by atoms with van der Waals surface area (Å²) in [6.07, 6.45) is 4.80. The van der Waals surface area contributed by atoms with Crippen LogP contribution in [0.3, 0.4) is 0 Å². The van der Waals surface area contributed by atoms with Gasteiger partial charge in [-0.05, 0) is 31.7 Å². The molecule has 4 nitrogen and oxygen atoms in total. The molecule has 0 spiro atoms. The molecule has 0 bridgehead atoms. The van der Waals surface area contributed by atoms with Gasteiger partial charge in [-0.15, -0.1) is 0 Å². The molecule has 0 fully saturated rings. The van der Waals surface area contributed by atoms with Crippen LogP contribution in [0.5, 0.6) is 0 Å². The predicted molar refractivity (Wildman–Crippen MR) is 85.9 cm³/mol. The van der Waals surface area contributed by atoms with Crippen LogP contribution in [0.15, 0.2) is 35.6 Å². The van der Waals surface area contributed by atoms with Gasteiger partial charge in [0.2, 0.25) is 0 Å². The quantitative estimate of drug-likeness (QED) is 0.595. The zero-order valence-corrected chi connectivity index (χ0v) is 12.8. The zero-order valence-electron chi connectivity index (χ0n) is 12.8. The van der Waals surface area contributed by atoms with Gasteiger partial charge < -0.3 is 4.90 Å². The van der Waals surface area contributed by atoms with Crippen LogP contribution in [0.4, 0.5) is 5.82 Å². The van der Waals surface area contributed by atoms with Crippen molar-refractivity contribution in [2.24, 2.45) is 4.99 Å². The molecule has 0 N–H and O–H groups in total. The number of aryl methyl sites for hydroxylation is 1. The molecule has 2 aromatic rings. The van der Waals surface area contributed by atoms with E-state index in [0.717, 1.165) is 36.6 Å². The van der Waals surface area contributed by atoms with Crippen LogP contribution in [0.2, 0.25) is 0 Å². The maximum atomic E-state index is 4.68. The van der Waals surface area contributed by atoms with Crippen LogP contribution in [0.25, 0.3) is 11.3 Å². The van der Waals surface area contributed by atoms with Crippen LogP contribution in [-0.4, -0.2) is 34.8 Å². The Labute approximate surface area is 125 Å². The summed E-state index contributed by atoms with van der Waals surface area (Å²) in [6, 6.07) is 8.52. The summed E-state index contributed by atoms with van der Waals surface area (Å²) in [5.41, 5.74) is 4.81. The maximum absolute atomic E-state index is 4.68. The molecule has 0 saturated heterocycles. The number of hydrogen-bond acceptors (Lipinski definition) is 3. The fourth-order valence-electron chi connectivity index (χ4n) is 2.64. The van der Waals surface area contributed by atoms with Gasteiger partial charge in [-0.3, -0.25) is 0 Å². The van der Waals surface area contributed by atoms with Crippen LogP contribution in [-0.2, 0) is 12.8 Å². The van der Waals surface area contributed by atoms with Gasteiger partial charge in [0.15, 0.2) is 5.82 Å². The molecule has 1 aromatic carbocycles. The Morgan fingerprint density at radius 2 is 1.95 bits per heavy atom. The van der Waals surface area contributed by atoms with E-state index < -0.39 is 0 Å². The summed E-state index contributed by atoms with van der Waals surface area (Å²) in [5.74, 6) is 1.76. The Hall–Kier alpha value is -2.23.